The van der Waals surface area contributed by atoms with Crippen LogP contribution in [0.4, 0.5) is 0 Å². The van der Waals surface area contributed by atoms with Crippen LogP contribution < -0.4 is 24.2 Å². The molecule has 0 aliphatic heterocycles. The van der Waals surface area contributed by atoms with Crippen molar-refractivity contribution in [2.45, 2.75) is 38.9 Å². The van der Waals surface area contributed by atoms with Crippen LogP contribution in [-0.4, -0.2) is 7.74 Å². The van der Waals surface area contributed by atoms with E-state index in [0.29, 0.717) is 5.04 Å². The summed E-state index contributed by atoms with van der Waals surface area (Å²) in [4.78, 5) is 0. The van der Waals surface area contributed by atoms with Crippen LogP contribution in [0.25, 0.3) is 0 Å². The fourth-order valence-electron chi connectivity index (χ4n) is 0.993. The average molecular weight is 230 g/mol. The summed E-state index contributed by atoms with van der Waals surface area (Å²) < 4.78 is 0. The Kier molecular flexibility index (Phi) is 5.87. The molecule has 0 aliphatic carbocycles. The zero-order valence-electron chi connectivity index (χ0n) is 10.8. The van der Waals surface area contributed by atoms with E-state index in [1.54, 1.807) is 8.13 Å². The number of benzene rings is 1. The molecule has 0 fully saturated rings. The van der Waals surface area contributed by atoms with E-state index in [9.17, 15) is 0 Å². The number of hydrogen-bond donors (Lipinski definition) is 0. The first-order valence-corrected chi connectivity index (χ1v) is 9.84. The van der Waals surface area contributed by atoms with Crippen molar-refractivity contribution in [2.75, 3.05) is 0 Å². The molecule has 0 aromatic heterocycles. The molecule has 3 heteroatoms. The molecule has 0 spiro atoms. The van der Waals surface area contributed by atoms with Crippen molar-refractivity contribution in [1.82, 2.24) is 0 Å². The molecule has 0 heterocycles. The Bertz CT molecular complexity index is 290. The van der Waals surface area contributed by atoms with Crippen molar-refractivity contribution in [1.29, 1.82) is 0 Å². The van der Waals surface area contributed by atoms with Gasteiger partial charge in [-0.2, -0.15) is 0 Å². The standard InChI is InChI=1S/C12H20PSi.Li/c1-12(2,3)14(4,5)13-11-9-7-6-8-10-11;/h6-10H,1-5H3;/q-1;+1. The minimum Gasteiger partial charge on any atom is -0.506 e. The minimum atomic E-state index is -1.17. The maximum Gasteiger partial charge on any atom is 1.00 e. The van der Waals surface area contributed by atoms with Crippen molar-refractivity contribution < 1.29 is 18.9 Å². The molecule has 1 aromatic carbocycles. The van der Waals surface area contributed by atoms with E-state index in [1.165, 1.54) is 5.30 Å². The van der Waals surface area contributed by atoms with Crippen LogP contribution >= 0.6 is 8.13 Å². The smallest absolute Gasteiger partial charge is 0.506 e. The van der Waals surface area contributed by atoms with Crippen LogP contribution in [-0.2, 0) is 0 Å². The van der Waals surface area contributed by atoms with Crippen molar-refractivity contribution in [3.63, 3.8) is 0 Å². The van der Waals surface area contributed by atoms with E-state index in [2.05, 4.69) is 64.2 Å². The van der Waals surface area contributed by atoms with Crippen LogP contribution in [0.2, 0.25) is 18.1 Å². The summed E-state index contributed by atoms with van der Waals surface area (Å²) in [5, 5.41) is 1.95. The van der Waals surface area contributed by atoms with Crippen molar-refractivity contribution in [3.8, 4) is 0 Å². The number of rotatable bonds is 2. The van der Waals surface area contributed by atoms with Crippen LogP contribution in [0, 0.1) is 0 Å². The zero-order valence-corrected chi connectivity index (χ0v) is 12.7. The zero-order chi connectivity index (χ0) is 10.8. The maximum atomic E-state index is 2.47. The van der Waals surface area contributed by atoms with E-state index < -0.39 is 7.74 Å². The van der Waals surface area contributed by atoms with Gasteiger partial charge in [-0.05, 0) is 0 Å². The largest absolute Gasteiger partial charge is 1.00 e. The third kappa shape index (κ3) is 4.45. The monoisotopic (exact) mass is 230 g/mol. The van der Waals surface area contributed by atoms with Crippen LogP contribution in [0.3, 0.4) is 0 Å². The summed E-state index contributed by atoms with van der Waals surface area (Å²) in [5.74, 6) is 0. The first-order valence-electron chi connectivity index (χ1n) is 5.11. The van der Waals surface area contributed by atoms with Gasteiger partial charge < -0.3 is 8.13 Å². The maximum absolute atomic E-state index is 2.47. The summed E-state index contributed by atoms with van der Waals surface area (Å²) in [6.45, 7) is 12.1. The van der Waals surface area contributed by atoms with Gasteiger partial charge in [0.25, 0.3) is 0 Å². The molecule has 0 N–H and O–H groups in total. The number of hydrogen-bond acceptors (Lipinski definition) is 0. The second-order valence-corrected chi connectivity index (χ2v) is 14.6. The van der Waals surface area contributed by atoms with E-state index in [0.717, 1.165) is 0 Å². The molecule has 0 radical (unpaired) electrons. The van der Waals surface area contributed by atoms with Crippen LogP contribution in [0.15, 0.2) is 30.3 Å². The van der Waals surface area contributed by atoms with Crippen molar-refractivity contribution in [2.24, 2.45) is 0 Å². The molecule has 15 heavy (non-hydrogen) atoms. The van der Waals surface area contributed by atoms with Crippen molar-refractivity contribution >= 4 is 21.2 Å². The summed E-state index contributed by atoms with van der Waals surface area (Å²) >= 11 is 0. The minimum absolute atomic E-state index is 0. The second kappa shape index (κ2) is 5.69. The summed E-state index contributed by atoms with van der Waals surface area (Å²) in [6, 6.07) is 10.8. The topological polar surface area (TPSA) is 0 Å². The van der Waals surface area contributed by atoms with Gasteiger partial charge in [0.2, 0.25) is 0 Å². The first kappa shape index (κ1) is 15.5. The SMILES string of the molecule is CC(C)(C)[Si](C)(C)[P-]c1ccccc1.[Li+]. The fraction of sp³-hybridized carbons (Fsp3) is 0.500. The normalized spacial score (nSPS) is 12.9. The van der Waals surface area contributed by atoms with Gasteiger partial charge in [-0.25, -0.2) is 5.30 Å². The average Bonchev–Trinajstić information content (AvgIpc) is 2.03. The predicted molar refractivity (Wildman–Crippen MR) is 70.2 cm³/mol. The Morgan fingerprint density at radius 1 is 1.00 bits per heavy atom. The quantitative estimate of drug-likeness (QED) is 0.530. The molecular weight excluding hydrogens is 210 g/mol. The van der Waals surface area contributed by atoms with Crippen molar-refractivity contribution in [3.05, 3.63) is 30.3 Å². The third-order valence-corrected chi connectivity index (χ3v) is 12.3. The van der Waals surface area contributed by atoms with Gasteiger partial charge in [0.15, 0.2) is 0 Å². The van der Waals surface area contributed by atoms with E-state index >= 15 is 0 Å². The predicted octanol–water partition coefficient (Wildman–Crippen LogP) is 1.27. The van der Waals surface area contributed by atoms with Gasteiger partial charge in [-0.15, -0.1) is 0 Å². The molecule has 0 unspecified atom stereocenters. The van der Waals surface area contributed by atoms with Gasteiger partial charge in [0, 0.05) is 0 Å². The first-order chi connectivity index (χ1) is 6.33. The van der Waals surface area contributed by atoms with E-state index in [-0.39, 0.29) is 18.9 Å². The molecule has 0 saturated heterocycles. The van der Waals surface area contributed by atoms with Gasteiger partial charge >= 0.3 is 18.9 Å². The Labute approximate surface area is 109 Å². The molecule has 1 aromatic rings. The molecule has 1 rings (SSSR count). The molecule has 0 saturated carbocycles. The molecule has 0 aliphatic rings. The van der Waals surface area contributed by atoms with Crippen LogP contribution in [0.1, 0.15) is 20.8 Å². The molecule has 0 atom stereocenters. The fourth-order valence-corrected chi connectivity index (χ4v) is 5.69. The Morgan fingerprint density at radius 3 is 1.87 bits per heavy atom. The second-order valence-electron chi connectivity index (χ2n) is 5.26. The molecule has 0 nitrogen and oxygen atoms in total. The summed E-state index contributed by atoms with van der Waals surface area (Å²) in [5.41, 5.74) is 0. The van der Waals surface area contributed by atoms with Gasteiger partial charge in [0.1, 0.15) is 0 Å². The molecule has 0 bridgehead atoms. The Morgan fingerprint density at radius 2 is 1.47 bits per heavy atom. The Balaban J connectivity index is 0.00000196. The summed E-state index contributed by atoms with van der Waals surface area (Å²) in [6.07, 6.45) is 0. The third-order valence-electron chi connectivity index (χ3n) is 3.00. The van der Waals surface area contributed by atoms with E-state index in [1.807, 2.05) is 0 Å². The molecular formula is C12H20LiPSi. The van der Waals surface area contributed by atoms with Gasteiger partial charge in [0.05, 0.1) is 0 Å². The Hall–Kier alpha value is 0.464. The van der Waals surface area contributed by atoms with Crippen LogP contribution in [0.5, 0.6) is 0 Å². The van der Waals surface area contributed by atoms with E-state index in [4.69, 9.17) is 0 Å². The van der Waals surface area contributed by atoms with Gasteiger partial charge in [-0.1, -0.05) is 77.0 Å². The summed E-state index contributed by atoms with van der Waals surface area (Å²) in [7, 11) is 0.383. The molecule has 78 valence electrons. The molecule has 0 amide bonds. The van der Waals surface area contributed by atoms with Gasteiger partial charge in [-0.3, -0.25) is 0 Å².